The van der Waals surface area contributed by atoms with E-state index >= 15 is 0 Å². The Morgan fingerprint density at radius 3 is 0.735 bits per heavy atom. The Kier molecular flexibility index (Phi) is 37.1. The van der Waals surface area contributed by atoms with Gasteiger partial charge in [0.15, 0.2) is 0 Å². The fourth-order valence-electron chi connectivity index (χ4n) is 17.6. The summed E-state index contributed by atoms with van der Waals surface area (Å²) in [5.41, 5.74) is 55.5. The van der Waals surface area contributed by atoms with E-state index in [2.05, 4.69) is 380 Å². The number of aromatic nitrogens is 2. The standard InChI is InChI=1S/2C40H48N2O2S2.C40H40N2S2/c1-25-11-9-13-35(29(25)5)37-21-33(19-27(3)31(37)7)23-41-39(43)15-17-45-46-18-16-40(44)42-24-34-20-28(4)32(8)38(22-34)36-14-10-12-26(2)30(36)6;1-25-11-9-13-35(27(25)3)37-17-15-33(29(5)31(37)7)23-41-39(43)19-21-45-46-22-20-40(44)42-24-34-16-18-38(32(8)30(34)6)36-14-10-12-26(2)28(36)4;1-23-11-9-13-33(25(23)3)35-17-19-37(29(7)27(35)5)39-41-31(21-43-39)15-16-32-22-44-40(42-32)38-20-18-36(28(6)30(38)8)34-14-10-12-24(2)26(34)4/h9-14,19-22H,15-18,23-24H2,1-8H3,(H,41,43)(H,42,44);9-18H,19-24H2,1-8H3,(H,41,43)(H,42,44);9-14,17-22H,15-16H2,1-8H3. The zero-order valence-corrected chi connectivity index (χ0v) is 89.3. The molecule has 0 saturated carbocycles. The average Bonchev–Trinajstić information content (AvgIpc) is 1.42. The Balaban J connectivity index is 0.000000183. The van der Waals surface area contributed by atoms with Crippen molar-refractivity contribution >= 4 is 89.5 Å². The van der Waals surface area contributed by atoms with E-state index in [0.717, 1.165) is 56.5 Å². The van der Waals surface area contributed by atoms with Gasteiger partial charge in [-0.2, -0.15) is 0 Å². The van der Waals surface area contributed by atoms with Crippen molar-refractivity contribution in [1.29, 1.82) is 0 Å². The Bertz CT molecular complexity index is 6330. The molecule has 16 heteroatoms. The summed E-state index contributed by atoms with van der Waals surface area (Å²) >= 11 is 3.49. The summed E-state index contributed by atoms with van der Waals surface area (Å²) < 4.78 is 0. The molecule has 10 nitrogen and oxygen atoms in total. The summed E-state index contributed by atoms with van der Waals surface area (Å²) in [6.45, 7) is 54.3. The van der Waals surface area contributed by atoms with Crippen LogP contribution in [0.2, 0.25) is 0 Å². The molecule has 14 aromatic rings. The second kappa shape index (κ2) is 48.5. The van der Waals surface area contributed by atoms with Crippen LogP contribution in [0.1, 0.15) is 193 Å². The first-order chi connectivity index (χ1) is 65.1. The third kappa shape index (κ3) is 26.0. The number of amides is 4. The van der Waals surface area contributed by atoms with Crippen LogP contribution >= 0.6 is 65.8 Å². The number of hydrogen-bond donors (Lipinski definition) is 4. The normalized spacial score (nSPS) is 11.1. The molecule has 0 fully saturated rings. The maximum Gasteiger partial charge on any atom is 0.221 e. The molecular weight excluding hydrogens is 1780 g/mol. The van der Waals surface area contributed by atoms with Crippen LogP contribution in [0.5, 0.6) is 0 Å². The molecule has 0 aliphatic carbocycles. The first kappa shape index (κ1) is 104. The van der Waals surface area contributed by atoms with E-state index in [9.17, 15) is 19.2 Å². The summed E-state index contributed by atoms with van der Waals surface area (Å²) in [7, 11) is 6.59. The van der Waals surface area contributed by atoms with Crippen LogP contribution in [0.4, 0.5) is 0 Å². The summed E-state index contributed by atoms with van der Waals surface area (Å²) in [6.07, 6.45) is 3.60. The van der Waals surface area contributed by atoms with Crippen molar-refractivity contribution in [1.82, 2.24) is 31.2 Å². The molecule has 0 aliphatic heterocycles. The van der Waals surface area contributed by atoms with E-state index in [-0.39, 0.29) is 23.6 Å². The topological polar surface area (TPSA) is 142 Å². The highest BCUT2D eigenvalue weighted by molar-refractivity contribution is 8.77. The molecule has 706 valence electrons. The fourth-order valence-corrected chi connectivity index (χ4v) is 23.4. The fraction of sp³-hybridized carbons (Fsp3) is 0.317. The molecule has 0 aliphatic rings. The number of carbonyl (C=O) groups excluding carboxylic acids is 4. The van der Waals surface area contributed by atoms with E-state index in [0.29, 0.717) is 74.9 Å². The van der Waals surface area contributed by atoms with Gasteiger partial charge in [-0.1, -0.05) is 213 Å². The summed E-state index contributed by atoms with van der Waals surface area (Å²) in [5, 5.41) is 19.0. The lowest BCUT2D eigenvalue weighted by Crippen LogP contribution is -2.24. The van der Waals surface area contributed by atoms with Crippen LogP contribution in [0.25, 0.3) is 87.9 Å². The zero-order chi connectivity index (χ0) is 97.9. The van der Waals surface area contributed by atoms with Crippen LogP contribution in [0.15, 0.2) is 193 Å². The van der Waals surface area contributed by atoms with Gasteiger partial charge in [0.25, 0.3) is 0 Å². The number of nitrogens with zero attached hydrogens (tertiary/aromatic N) is 2. The van der Waals surface area contributed by atoms with Crippen molar-refractivity contribution < 1.29 is 19.2 Å². The molecule has 0 unspecified atom stereocenters. The van der Waals surface area contributed by atoms with Gasteiger partial charge in [0.1, 0.15) is 10.0 Å². The molecular formula is C120H136N6O4S6. The number of carbonyl (C=O) groups is 4. The molecule has 0 saturated heterocycles. The highest BCUT2D eigenvalue weighted by Crippen LogP contribution is 2.42. The number of hydrogen-bond acceptors (Lipinski definition) is 12. The van der Waals surface area contributed by atoms with Gasteiger partial charge in [-0.05, 0) is 414 Å². The lowest BCUT2D eigenvalue weighted by Gasteiger charge is -2.17. The molecule has 136 heavy (non-hydrogen) atoms. The molecule has 4 N–H and O–H groups in total. The second-order valence-corrected chi connectivity index (χ2v) is 43.8. The van der Waals surface area contributed by atoms with Crippen LogP contribution in [0, 0.1) is 166 Å². The Hall–Kier alpha value is -10.8. The third-order valence-corrected chi connectivity index (χ3v) is 34.8. The molecule has 4 amide bonds. The zero-order valence-electron chi connectivity index (χ0n) is 84.4. The van der Waals surface area contributed by atoms with Gasteiger partial charge in [-0.15, -0.1) is 22.7 Å². The summed E-state index contributed by atoms with van der Waals surface area (Å²) in [5.74, 6) is 3.05. The Labute approximate surface area is 834 Å². The predicted octanol–water partition coefficient (Wildman–Crippen LogP) is 30.7. The van der Waals surface area contributed by atoms with E-state index in [1.807, 2.05) is 0 Å². The van der Waals surface area contributed by atoms with E-state index < -0.39 is 0 Å². The van der Waals surface area contributed by atoms with E-state index in [1.54, 1.807) is 65.8 Å². The largest absolute Gasteiger partial charge is 0.352 e. The summed E-state index contributed by atoms with van der Waals surface area (Å²) in [6, 6.07) is 65.4. The van der Waals surface area contributed by atoms with Crippen molar-refractivity contribution in [3.8, 4) is 87.9 Å². The first-order valence-electron chi connectivity index (χ1n) is 47.5. The Morgan fingerprint density at radius 2 is 0.456 bits per heavy atom. The monoisotopic (exact) mass is 1920 g/mol. The van der Waals surface area contributed by atoms with E-state index in [1.165, 1.54) is 211 Å². The van der Waals surface area contributed by atoms with Gasteiger partial charge in [0.05, 0.1) is 11.4 Å². The van der Waals surface area contributed by atoms with E-state index in [4.69, 9.17) is 9.97 Å². The number of nitrogens with one attached hydrogen (secondary N) is 4. The number of benzene rings is 12. The third-order valence-electron chi connectivity index (χ3n) is 28.1. The molecule has 12 aromatic carbocycles. The molecule has 0 spiro atoms. The quantitative estimate of drug-likeness (QED) is 0.0232. The summed E-state index contributed by atoms with van der Waals surface area (Å²) in [4.78, 5) is 60.4. The molecule has 2 heterocycles. The van der Waals surface area contributed by atoms with Gasteiger partial charge in [0, 0.05) is 96.8 Å². The minimum atomic E-state index is 0.0472. The van der Waals surface area contributed by atoms with Gasteiger partial charge >= 0.3 is 0 Å². The van der Waals surface area contributed by atoms with Crippen LogP contribution in [-0.2, 0) is 58.2 Å². The first-order valence-corrected chi connectivity index (χ1v) is 54.3. The van der Waals surface area contributed by atoms with Crippen molar-refractivity contribution in [2.24, 2.45) is 0 Å². The van der Waals surface area contributed by atoms with Gasteiger partial charge in [0.2, 0.25) is 23.6 Å². The minimum Gasteiger partial charge on any atom is -0.352 e. The molecule has 0 atom stereocenters. The minimum absolute atomic E-state index is 0.0472. The van der Waals surface area contributed by atoms with Crippen molar-refractivity contribution in [2.45, 2.75) is 231 Å². The van der Waals surface area contributed by atoms with Crippen LogP contribution in [-0.4, -0.2) is 56.6 Å². The van der Waals surface area contributed by atoms with Crippen LogP contribution in [0.3, 0.4) is 0 Å². The molecule has 2 aromatic heterocycles. The molecule has 14 rings (SSSR count). The van der Waals surface area contributed by atoms with Gasteiger partial charge in [-0.3, -0.25) is 19.2 Å². The number of rotatable bonds is 33. The predicted molar refractivity (Wildman–Crippen MR) is 590 cm³/mol. The SMILES string of the molecule is Cc1cccc(-c2cc(CNC(=O)CCSSCCC(=O)NCc3cc(C)c(C)c(-c4cccc(C)c4C)c3)cc(C)c2C)c1C.Cc1cccc(-c2ccc(-c3nc(CCc4csc(-c5ccc(-c6cccc(C)c6C)c(C)c5C)n4)cs3)c(C)c2C)c1C.Cc1cccc(-c2ccc(CNC(=O)CCSSCCC(=O)NCc3ccc(-c4cccc(C)c4C)c(C)c3C)c(C)c2C)c1C. The van der Waals surface area contributed by atoms with Crippen molar-refractivity contribution in [2.75, 3.05) is 23.0 Å². The Morgan fingerprint density at radius 1 is 0.235 bits per heavy atom. The van der Waals surface area contributed by atoms with Crippen LogP contribution < -0.4 is 21.3 Å². The lowest BCUT2D eigenvalue weighted by molar-refractivity contribution is -0.121. The number of aryl methyl sites for hydroxylation is 10. The lowest BCUT2D eigenvalue weighted by atomic mass is 9.90. The average molecular weight is 1920 g/mol. The van der Waals surface area contributed by atoms with Crippen molar-refractivity contribution in [3.05, 3.63) is 360 Å². The smallest absolute Gasteiger partial charge is 0.221 e. The number of thiazole rings is 2. The molecule has 0 radical (unpaired) electrons. The van der Waals surface area contributed by atoms with Crippen molar-refractivity contribution in [3.63, 3.8) is 0 Å². The van der Waals surface area contributed by atoms with Gasteiger partial charge in [-0.25, -0.2) is 9.97 Å². The second-order valence-electron chi connectivity index (χ2n) is 36.7. The maximum atomic E-state index is 12.6. The highest BCUT2D eigenvalue weighted by atomic mass is 33.1. The maximum absolute atomic E-state index is 12.6. The molecule has 0 bridgehead atoms. The highest BCUT2D eigenvalue weighted by Gasteiger charge is 2.22. The van der Waals surface area contributed by atoms with Gasteiger partial charge < -0.3 is 21.3 Å².